The lowest BCUT2D eigenvalue weighted by Crippen LogP contribution is -2.51. The number of urea groups is 1. The first-order valence-corrected chi connectivity index (χ1v) is 6.86. The molecule has 1 saturated carbocycles. The van der Waals surface area contributed by atoms with E-state index >= 15 is 0 Å². The van der Waals surface area contributed by atoms with Crippen LogP contribution in [0, 0.1) is 0 Å². The number of hydrogen-bond donors (Lipinski definition) is 3. The number of nitrogens with zero attached hydrogens (tertiary/aromatic N) is 1. The van der Waals surface area contributed by atoms with E-state index in [0.29, 0.717) is 6.54 Å². The quantitative estimate of drug-likeness (QED) is 0.604. The van der Waals surface area contributed by atoms with Crippen LogP contribution in [0.25, 0.3) is 0 Å². The molecule has 0 aromatic rings. The summed E-state index contributed by atoms with van der Waals surface area (Å²) in [4.78, 5) is 24.8. The summed E-state index contributed by atoms with van der Waals surface area (Å²) in [7, 11) is 3.97. The van der Waals surface area contributed by atoms with E-state index in [1.165, 1.54) is 0 Å². The lowest BCUT2D eigenvalue weighted by molar-refractivity contribution is -0.138. The molecule has 0 aromatic heterocycles. The summed E-state index contributed by atoms with van der Waals surface area (Å²) in [5.74, 6) is -0.852. The highest BCUT2D eigenvalue weighted by Crippen LogP contribution is 2.32. The zero-order valence-corrected chi connectivity index (χ0v) is 11.9. The van der Waals surface area contributed by atoms with Gasteiger partial charge in [0.25, 0.3) is 0 Å². The van der Waals surface area contributed by atoms with Crippen LogP contribution in [0.5, 0.6) is 0 Å². The van der Waals surface area contributed by atoms with Gasteiger partial charge in [0.05, 0.1) is 12.0 Å². The van der Waals surface area contributed by atoms with Crippen LogP contribution in [0.1, 0.15) is 38.5 Å². The van der Waals surface area contributed by atoms with Crippen LogP contribution in [-0.2, 0) is 4.79 Å². The second-order valence-electron chi connectivity index (χ2n) is 5.60. The number of nitrogens with one attached hydrogen (secondary N) is 2. The predicted molar refractivity (Wildman–Crippen MR) is 73.2 cm³/mol. The summed E-state index contributed by atoms with van der Waals surface area (Å²) in [5.41, 5.74) is -0.544. The van der Waals surface area contributed by atoms with E-state index in [1.807, 2.05) is 14.1 Å². The van der Waals surface area contributed by atoms with Gasteiger partial charge in [-0.15, -0.1) is 0 Å². The van der Waals surface area contributed by atoms with Gasteiger partial charge in [-0.2, -0.15) is 0 Å². The number of carboxylic acid groups (broad SMARTS) is 1. The number of aliphatic carboxylic acids is 1. The second-order valence-corrected chi connectivity index (χ2v) is 5.60. The predicted octanol–water partition coefficient (Wildman–Crippen LogP) is 1.02. The lowest BCUT2D eigenvalue weighted by Gasteiger charge is -2.28. The molecule has 1 aliphatic carbocycles. The molecule has 1 rings (SSSR count). The summed E-state index contributed by atoms with van der Waals surface area (Å²) in [6.07, 6.45) is 4.36. The smallest absolute Gasteiger partial charge is 0.315 e. The van der Waals surface area contributed by atoms with Crippen molar-refractivity contribution in [3.63, 3.8) is 0 Å². The van der Waals surface area contributed by atoms with Gasteiger partial charge in [0.2, 0.25) is 0 Å². The Balaban J connectivity index is 2.33. The Morgan fingerprint density at radius 3 is 2.42 bits per heavy atom. The maximum Gasteiger partial charge on any atom is 0.315 e. The second kappa shape index (κ2) is 7.33. The highest BCUT2D eigenvalue weighted by molar-refractivity contribution is 5.76. The van der Waals surface area contributed by atoms with Crippen molar-refractivity contribution in [3.8, 4) is 0 Å². The molecule has 0 saturated heterocycles. The van der Waals surface area contributed by atoms with Crippen molar-refractivity contribution in [2.24, 2.45) is 0 Å². The number of carboxylic acids is 1. The van der Waals surface area contributed by atoms with Crippen LogP contribution in [0.2, 0.25) is 0 Å². The van der Waals surface area contributed by atoms with E-state index in [2.05, 4.69) is 15.5 Å². The fourth-order valence-corrected chi connectivity index (χ4v) is 2.57. The average Bonchev–Trinajstić information content (AvgIpc) is 2.71. The highest BCUT2D eigenvalue weighted by Gasteiger charge is 2.37. The zero-order valence-electron chi connectivity index (χ0n) is 11.9. The van der Waals surface area contributed by atoms with Crippen LogP contribution in [0.3, 0.4) is 0 Å². The standard InChI is InChI=1S/C13H25N3O3/c1-16(2)9-5-8-14-12(19)15-13(10-11(17)18)6-3-4-7-13/h3-10H2,1-2H3,(H,17,18)(H2,14,15,19). The molecule has 3 N–H and O–H groups in total. The van der Waals surface area contributed by atoms with Crippen LogP contribution < -0.4 is 10.6 Å². The summed E-state index contributed by atoms with van der Waals surface area (Å²) < 4.78 is 0. The van der Waals surface area contributed by atoms with Crippen LogP contribution >= 0.6 is 0 Å². The Hall–Kier alpha value is -1.30. The summed E-state index contributed by atoms with van der Waals surface area (Å²) in [6, 6.07) is -0.248. The molecule has 0 aliphatic heterocycles. The van der Waals surface area contributed by atoms with Gasteiger partial charge in [0.1, 0.15) is 0 Å². The molecule has 0 spiro atoms. The largest absolute Gasteiger partial charge is 0.481 e. The van der Waals surface area contributed by atoms with Gasteiger partial charge >= 0.3 is 12.0 Å². The summed E-state index contributed by atoms with van der Waals surface area (Å²) in [6.45, 7) is 1.52. The van der Waals surface area contributed by atoms with Crippen molar-refractivity contribution in [3.05, 3.63) is 0 Å². The minimum atomic E-state index is -0.852. The Kier molecular flexibility index (Phi) is 6.08. The minimum Gasteiger partial charge on any atom is -0.481 e. The molecule has 0 unspecified atom stereocenters. The molecule has 110 valence electrons. The van der Waals surface area contributed by atoms with Gasteiger partial charge in [-0.1, -0.05) is 12.8 Å². The maximum absolute atomic E-state index is 11.8. The normalized spacial score (nSPS) is 17.4. The van der Waals surface area contributed by atoms with Crippen LogP contribution in [0.15, 0.2) is 0 Å². The Labute approximate surface area is 114 Å². The number of hydrogen-bond acceptors (Lipinski definition) is 3. The van der Waals surface area contributed by atoms with Gasteiger partial charge in [0.15, 0.2) is 0 Å². The van der Waals surface area contributed by atoms with Gasteiger partial charge in [0, 0.05) is 6.54 Å². The van der Waals surface area contributed by atoms with E-state index in [4.69, 9.17) is 5.11 Å². The molecule has 2 amide bonds. The molecule has 1 aliphatic rings. The van der Waals surface area contributed by atoms with Gasteiger partial charge in [-0.25, -0.2) is 4.79 Å². The molecular formula is C13H25N3O3. The van der Waals surface area contributed by atoms with E-state index in [9.17, 15) is 9.59 Å². The van der Waals surface area contributed by atoms with Crippen molar-refractivity contribution in [2.45, 2.75) is 44.1 Å². The molecule has 0 radical (unpaired) electrons. The Morgan fingerprint density at radius 1 is 1.26 bits per heavy atom. The van der Waals surface area contributed by atoms with Gasteiger partial charge in [-0.3, -0.25) is 4.79 Å². The third kappa shape index (κ3) is 5.92. The van der Waals surface area contributed by atoms with Crippen molar-refractivity contribution in [1.29, 1.82) is 0 Å². The van der Waals surface area contributed by atoms with Crippen molar-refractivity contribution in [1.82, 2.24) is 15.5 Å². The molecule has 0 bridgehead atoms. The maximum atomic E-state index is 11.8. The van der Waals surface area contributed by atoms with Crippen molar-refractivity contribution in [2.75, 3.05) is 27.2 Å². The van der Waals surface area contributed by atoms with Crippen LogP contribution in [0.4, 0.5) is 4.79 Å². The topological polar surface area (TPSA) is 81.7 Å². The summed E-state index contributed by atoms with van der Waals surface area (Å²) in [5, 5.41) is 14.6. The SMILES string of the molecule is CN(C)CCCNC(=O)NC1(CC(=O)O)CCCC1. The molecule has 0 aromatic carbocycles. The Bertz CT molecular complexity index is 312. The van der Waals surface area contributed by atoms with E-state index in [1.54, 1.807) is 0 Å². The first-order chi connectivity index (χ1) is 8.93. The molecular weight excluding hydrogens is 246 g/mol. The van der Waals surface area contributed by atoms with Crippen molar-refractivity contribution >= 4 is 12.0 Å². The lowest BCUT2D eigenvalue weighted by atomic mass is 9.93. The number of rotatable bonds is 7. The van der Waals surface area contributed by atoms with E-state index in [-0.39, 0.29) is 12.5 Å². The molecule has 0 heterocycles. The molecule has 19 heavy (non-hydrogen) atoms. The highest BCUT2D eigenvalue weighted by atomic mass is 16.4. The molecule has 6 nitrogen and oxygen atoms in total. The first-order valence-electron chi connectivity index (χ1n) is 6.86. The fraction of sp³-hybridized carbons (Fsp3) is 0.846. The van der Waals surface area contributed by atoms with Crippen molar-refractivity contribution < 1.29 is 14.7 Å². The van der Waals surface area contributed by atoms with E-state index in [0.717, 1.165) is 38.6 Å². The van der Waals surface area contributed by atoms with Gasteiger partial charge < -0.3 is 20.6 Å². The number of carbonyl (C=O) groups is 2. The zero-order chi connectivity index (χ0) is 14.3. The number of amides is 2. The third-order valence-corrected chi connectivity index (χ3v) is 3.50. The molecule has 0 atom stereocenters. The van der Waals surface area contributed by atoms with E-state index < -0.39 is 11.5 Å². The van der Waals surface area contributed by atoms with Crippen LogP contribution in [-0.4, -0.2) is 54.7 Å². The first kappa shape index (κ1) is 15.8. The summed E-state index contributed by atoms with van der Waals surface area (Å²) >= 11 is 0. The van der Waals surface area contributed by atoms with Gasteiger partial charge in [-0.05, 0) is 39.9 Å². The Morgan fingerprint density at radius 2 is 1.89 bits per heavy atom. The number of carbonyl (C=O) groups excluding carboxylic acids is 1. The fourth-order valence-electron chi connectivity index (χ4n) is 2.57. The third-order valence-electron chi connectivity index (χ3n) is 3.50. The monoisotopic (exact) mass is 271 g/mol. The average molecular weight is 271 g/mol. The molecule has 1 fully saturated rings. The molecule has 6 heteroatoms. The minimum absolute atomic E-state index is 0.0120.